The molecule has 0 aliphatic heterocycles. The molecule has 0 atom stereocenters. The summed E-state index contributed by atoms with van der Waals surface area (Å²) >= 11 is 0. The Labute approximate surface area is 108 Å². The summed E-state index contributed by atoms with van der Waals surface area (Å²) in [6, 6.07) is 7.82. The number of benzene rings is 1. The number of rotatable bonds is 4. The van der Waals surface area contributed by atoms with Crippen molar-refractivity contribution in [2.45, 2.75) is 27.2 Å². The van der Waals surface area contributed by atoms with E-state index in [1.165, 1.54) is 0 Å². The Bertz CT molecular complexity index is 516. The lowest BCUT2D eigenvalue weighted by Gasteiger charge is -2.22. The fourth-order valence-corrected chi connectivity index (χ4v) is 1.61. The number of nitrogens with one attached hydrogen (secondary N) is 1. The Morgan fingerprint density at radius 1 is 1.33 bits per heavy atom. The molecule has 2 aromatic rings. The van der Waals surface area contributed by atoms with Gasteiger partial charge in [0.25, 0.3) is 0 Å². The SMILES string of the molecule is C=C(NCCc1nc2ccccc2o1)C(C)(C)C. The Morgan fingerprint density at radius 3 is 2.72 bits per heavy atom. The molecular weight excluding hydrogens is 224 g/mol. The molecule has 0 unspecified atom stereocenters. The molecule has 18 heavy (non-hydrogen) atoms. The van der Waals surface area contributed by atoms with E-state index >= 15 is 0 Å². The molecule has 0 aliphatic rings. The summed E-state index contributed by atoms with van der Waals surface area (Å²) in [5, 5.41) is 3.32. The second-order valence-electron chi connectivity index (χ2n) is 5.48. The molecular formula is C15H20N2O. The Morgan fingerprint density at radius 2 is 2.06 bits per heavy atom. The topological polar surface area (TPSA) is 38.1 Å². The zero-order valence-corrected chi connectivity index (χ0v) is 11.3. The predicted molar refractivity (Wildman–Crippen MR) is 74.3 cm³/mol. The molecule has 1 aromatic carbocycles. The van der Waals surface area contributed by atoms with Crippen LogP contribution in [0.15, 0.2) is 41.0 Å². The van der Waals surface area contributed by atoms with E-state index in [9.17, 15) is 0 Å². The summed E-state index contributed by atoms with van der Waals surface area (Å²) in [6.45, 7) is 11.3. The highest BCUT2D eigenvalue weighted by Crippen LogP contribution is 2.21. The molecule has 2 rings (SSSR count). The van der Waals surface area contributed by atoms with Crippen LogP contribution in [0, 0.1) is 5.41 Å². The average molecular weight is 244 g/mol. The van der Waals surface area contributed by atoms with E-state index in [-0.39, 0.29) is 5.41 Å². The van der Waals surface area contributed by atoms with Crippen LogP contribution < -0.4 is 5.32 Å². The monoisotopic (exact) mass is 244 g/mol. The number of nitrogens with zero attached hydrogens (tertiary/aromatic N) is 1. The zero-order valence-electron chi connectivity index (χ0n) is 11.3. The van der Waals surface area contributed by atoms with Crippen LogP contribution in [-0.4, -0.2) is 11.5 Å². The first-order valence-corrected chi connectivity index (χ1v) is 6.24. The van der Waals surface area contributed by atoms with Crippen molar-refractivity contribution in [3.8, 4) is 0 Å². The lowest BCUT2D eigenvalue weighted by molar-refractivity contribution is 0.453. The molecule has 1 aromatic heterocycles. The van der Waals surface area contributed by atoms with Gasteiger partial charge in [-0.05, 0) is 12.1 Å². The zero-order chi connectivity index (χ0) is 13.2. The maximum Gasteiger partial charge on any atom is 0.197 e. The third kappa shape index (κ3) is 2.92. The molecule has 96 valence electrons. The summed E-state index contributed by atoms with van der Waals surface area (Å²) in [6.07, 6.45) is 0.768. The molecule has 0 aliphatic carbocycles. The van der Waals surface area contributed by atoms with Gasteiger partial charge in [0.2, 0.25) is 0 Å². The molecule has 0 bridgehead atoms. The first-order chi connectivity index (χ1) is 8.47. The van der Waals surface area contributed by atoms with Crippen molar-refractivity contribution in [2.75, 3.05) is 6.54 Å². The second kappa shape index (κ2) is 4.84. The second-order valence-corrected chi connectivity index (χ2v) is 5.48. The highest BCUT2D eigenvalue weighted by molar-refractivity contribution is 5.72. The van der Waals surface area contributed by atoms with Crippen molar-refractivity contribution in [3.05, 3.63) is 42.4 Å². The van der Waals surface area contributed by atoms with E-state index < -0.39 is 0 Å². The molecule has 0 saturated heterocycles. The average Bonchev–Trinajstić information content (AvgIpc) is 2.70. The maximum absolute atomic E-state index is 5.65. The highest BCUT2D eigenvalue weighted by atomic mass is 16.3. The van der Waals surface area contributed by atoms with Crippen LogP contribution in [0.1, 0.15) is 26.7 Å². The summed E-state index contributed by atoms with van der Waals surface area (Å²) in [7, 11) is 0. The van der Waals surface area contributed by atoms with Crippen molar-refractivity contribution in [1.29, 1.82) is 0 Å². The molecule has 0 amide bonds. The quantitative estimate of drug-likeness (QED) is 0.894. The molecule has 3 heteroatoms. The summed E-state index contributed by atoms with van der Waals surface area (Å²) in [5.41, 5.74) is 2.89. The molecule has 0 radical (unpaired) electrons. The van der Waals surface area contributed by atoms with Crippen LogP contribution in [0.2, 0.25) is 0 Å². The van der Waals surface area contributed by atoms with Gasteiger partial charge in [-0.3, -0.25) is 0 Å². The van der Waals surface area contributed by atoms with E-state index in [4.69, 9.17) is 4.42 Å². The standard InChI is InChI=1S/C15H20N2O/c1-11(15(2,3)4)16-10-9-14-17-12-7-5-6-8-13(12)18-14/h5-8,16H,1,9-10H2,2-4H3. The fraction of sp³-hybridized carbons (Fsp3) is 0.400. The minimum Gasteiger partial charge on any atom is -0.441 e. The van der Waals surface area contributed by atoms with Crippen molar-refractivity contribution in [3.63, 3.8) is 0 Å². The third-order valence-corrected chi connectivity index (χ3v) is 2.92. The lowest BCUT2D eigenvalue weighted by Crippen LogP contribution is -2.25. The maximum atomic E-state index is 5.65. The van der Waals surface area contributed by atoms with Gasteiger partial charge in [0.1, 0.15) is 5.52 Å². The number of para-hydroxylation sites is 2. The number of fused-ring (bicyclic) bond motifs is 1. The first kappa shape index (κ1) is 12.7. The predicted octanol–water partition coefficient (Wildman–Crippen LogP) is 3.52. The van der Waals surface area contributed by atoms with Crippen molar-refractivity contribution >= 4 is 11.1 Å². The van der Waals surface area contributed by atoms with Gasteiger partial charge in [0.05, 0.1) is 0 Å². The van der Waals surface area contributed by atoms with E-state index in [2.05, 4.69) is 37.7 Å². The van der Waals surface area contributed by atoms with Gasteiger partial charge < -0.3 is 9.73 Å². The van der Waals surface area contributed by atoms with Crippen LogP contribution in [0.4, 0.5) is 0 Å². The van der Waals surface area contributed by atoms with E-state index in [1.807, 2.05) is 24.3 Å². The number of allylic oxidation sites excluding steroid dienone is 1. The van der Waals surface area contributed by atoms with E-state index in [0.29, 0.717) is 0 Å². The van der Waals surface area contributed by atoms with Gasteiger partial charge in [-0.2, -0.15) is 0 Å². The van der Waals surface area contributed by atoms with Crippen molar-refractivity contribution in [1.82, 2.24) is 10.3 Å². The van der Waals surface area contributed by atoms with Gasteiger partial charge >= 0.3 is 0 Å². The van der Waals surface area contributed by atoms with Crippen molar-refractivity contribution < 1.29 is 4.42 Å². The minimum absolute atomic E-state index is 0.0846. The number of hydrogen-bond acceptors (Lipinski definition) is 3. The molecule has 3 nitrogen and oxygen atoms in total. The van der Waals surface area contributed by atoms with Crippen LogP contribution in [-0.2, 0) is 6.42 Å². The Balaban J connectivity index is 1.93. The molecule has 0 fully saturated rings. The third-order valence-electron chi connectivity index (χ3n) is 2.92. The summed E-state index contributed by atoms with van der Waals surface area (Å²) in [4.78, 5) is 4.44. The van der Waals surface area contributed by atoms with Crippen LogP contribution in [0.3, 0.4) is 0 Å². The number of oxazole rings is 1. The van der Waals surface area contributed by atoms with Crippen LogP contribution in [0.5, 0.6) is 0 Å². The number of aromatic nitrogens is 1. The van der Waals surface area contributed by atoms with E-state index in [0.717, 1.165) is 35.7 Å². The normalized spacial score (nSPS) is 11.7. The largest absolute Gasteiger partial charge is 0.441 e. The Hall–Kier alpha value is -1.77. The fourth-order valence-electron chi connectivity index (χ4n) is 1.61. The van der Waals surface area contributed by atoms with Crippen LogP contribution >= 0.6 is 0 Å². The molecule has 0 spiro atoms. The molecule has 1 N–H and O–H groups in total. The summed E-state index contributed by atoms with van der Waals surface area (Å²) < 4.78 is 5.65. The molecule has 1 heterocycles. The van der Waals surface area contributed by atoms with Crippen LogP contribution in [0.25, 0.3) is 11.1 Å². The smallest absolute Gasteiger partial charge is 0.197 e. The first-order valence-electron chi connectivity index (χ1n) is 6.24. The molecule has 0 saturated carbocycles. The number of hydrogen-bond donors (Lipinski definition) is 1. The summed E-state index contributed by atoms with van der Waals surface area (Å²) in [5.74, 6) is 0.769. The van der Waals surface area contributed by atoms with Crippen molar-refractivity contribution in [2.24, 2.45) is 5.41 Å². The highest BCUT2D eigenvalue weighted by Gasteiger charge is 2.14. The minimum atomic E-state index is 0.0846. The van der Waals surface area contributed by atoms with E-state index in [1.54, 1.807) is 0 Å². The lowest BCUT2D eigenvalue weighted by atomic mass is 9.93. The van der Waals surface area contributed by atoms with Gasteiger partial charge in [0, 0.05) is 24.1 Å². The Kier molecular flexibility index (Phi) is 3.41. The van der Waals surface area contributed by atoms with Gasteiger partial charge in [0.15, 0.2) is 11.5 Å². The van der Waals surface area contributed by atoms with Gasteiger partial charge in [-0.25, -0.2) is 4.98 Å². The van der Waals surface area contributed by atoms with Gasteiger partial charge in [-0.15, -0.1) is 0 Å². The van der Waals surface area contributed by atoms with Gasteiger partial charge in [-0.1, -0.05) is 39.5 Å².